The van der Waals surface area contributed by atoms with E-state index in [0.717, 1.165) is 68.7 Å². The Labute approximate surface area is 164 Å². The first-order chi connectivity index (χ1) is 13.5. The zero-order valence-corrected chi connectivity index (χ0v) is 16.8. The smallest absolute Gasteiger partial charge is 0.277 e. The molecule has 28 heavy (non-hydrogen) atoms. The molecule has 2 aromatic rings. The molecule has 1 atom stereocenters. The SMILES string of the molecule is CC(C)N1CCc2nc3cc(C4CCCN(C(=O)C5CC5)C4)[nH]n3c(=O)c2C1. The van der Waals surface area contributed by atoms with E-state index in [1.165, 1.54) is 0 Å². The summed E-state index contributed by atoms with van der Waals surface area (Å²) in [5.41, 5.74) is 3.53. The van der Waals surface area contributed by atoms with Crippen LogP contribution in [0.3, 0.4) is 0 Å². The van der Waals surface area contributed by atoms with E-state index in [1.54, 1.807) is 4.52 Å². The van der Waals surface area contributed by atoms with Crippen molar-refractivity contribution in [1.82, 2.24) is 24.4 Å². The highest BCUT2D eigenvalue weighted by atomic mass is 16.2. The van der Waals surface area contributed by atoms with Crippen molar-refractivity contribution in [2.24, 2.45) is 5.92 Å². The minimum atomic E-state index is 0.0262. The second kappa shape index (κ2) is 6.72. The Balaban J connectivity index is 1.44. The maximum absolute atomic E-state index is 13.1. The fraction of sp³-hybridized carbons (Fsp3) is 0.667. The fourth-order valence-electron chi connectivity index (χ4n) is 4.69. The van der Waals surface area contributed by atoms with Gasteiger partial charge in [0.15, 0.2) is 5.65 Å². The van der Waals surface area contributed by atoms with Crippen molar-refractivity contribution in [1.29, 1.82) is 0 Å². The number of rotatable bonds is 3. The van der Waals surface area contributed by atoms with E-state index in [0.29, 0.717) is 24.1 Å². The number of amides is 1. The molecule has 1 N–H and O–H groups in total. The Morgan fingerprint density at radius 1 is 1.25 bits per heavy atom. The van der Waals surface area contributed by atoms with Gasteiger partial charge in [-0.05, 0) is 39.5 Å². The highest BCUT2D eigenvalue weighted by molar-refractivity contribution is 5.81. The van der Waals surface area contributed by atoms with Crippen LogP contribution in [0.15, 0.2) is 10.9 Å². The van der Waals surface area contributed by atoms with Crippen molar-refractivity contribution in [3.05, 3.63) is 33.4 Å². The number of fused-ring (bicyclic) bond motifs is 2. The predicted octanol–water partition coefficient (Wildman–Crippen LogP) is 1.91. The molecule has 5 rings (SSSR count). The zero-order chi connectivity index (χ0) is 19.4. The number of hydrogen-bond acceptors (Lipinski definition) is 4. The summed E-state index contributed by atoms with van der Waals surface area (Å²) >= 11 is 0. The number of likely N-dealkylation sites (tertiary alicyclic amines) is 1. The summed E-state index contributed by atoms with van der Waals surface area (Å²) in [7, 11) is 0. The number of nitrogens with zero attached hydrogens (tertiary/aromatic N) is 4. The number of nitrogens with one attached hydrogen (secondary N) is 1. The van der Waals surface area contributed by atoms with Crippen LogP contribution in [-0.4, -0.2) is 56.0 Å². The number of piperidine rings is 1. The van der Waals surface area contributed by atoms with Crippen molar-refractivity contribution in [2.45, 2.75) is 64.5 Å². The molecule has 150 valence electrons. The highest BCUT2D eigenvalue weighted by Crippen LogP contribution is 2.34. The molecular formula is C21H29N5O2. The van der Waals surface area contributed by atoms with E-state index in [2.05, 4.69) is 23.8 Å². The molecule has 7 nitrogen and oxygen atoms in total. The molecule has 1 saturated carbocycles. The number of H-pyrrole nitrogens is 1. The van der Waals surface area contributed by atoms with Crippen LogP contribution < -0.4 is 5.56 Å². The Kier molecular flexibility index (Phi) is 4.30. The number of aromatic nitrogens is 3. The normalized spacial score (nSPS) is 23.4. The van der Waals surface area contributed by atoms with Crippen LogP contribution in [0.4, 0.5) is 0 Å². The van der Waals surface area contributed by atoms with Gasteiger partial charge in [0.2, 0.25) is 5.91 Å². The van der Waals surface area contributed by atoms with Gasteiger partial charge in [-0.25, -0.2) is 9.50 Å². The molecule has 7 heteroatoms. The Morgan fingerprint density at radius 2 is 2.07 bits per heavy atom. The summed E-state index contributed by atoms with van der Waals surface area (Å²) in [5.74, 6) is 0.837. The van der Waals surface area contributed by atoms with Crippen LogP contribution in [0.5, 0.6) is 0 Å². The van der Waals surface area contributed by atoms with Gasteiger partial charge in [0.1, 0.15) is 0 Å². The van der Waals surface area contributed by atoms with Gasteiger partial charge in [-0.3, -0.25) is 19.6 Å². The average molecular weight is 383 g/mol. The van der Waals surface area contributed by atoms with E-state index < -0.39 is 0 Å². The molecule has 2 aromatic heterocycles. The lowest BCUT2D eigenvalue weighted by Crippen LogP contribution is -2.40. The highest BCUT2D eigenvalue weighted by Gasteiger charge is 2.36. The van der Waals surface area contributed by atoms with E-state index >= 15 is 0 Å². The van der Waals surface area contributed by atoms with Crippen molar-refractivity contribution in [3.63, 3.8) is 0 Å². The molecule has 2 aliphatic heterocycles. The van der Waals surface area contributed by atoms with Crippen LogP contribution in [0.2, 0.25) is 0 Å². The zero-order valence-electron chi connectivity index (χ0n) is 16.8. The third-order valence-electron chi connectivity index (χ3n) is 6.64. The van der Waals surface area contributed by atoms with Gasteiger partial charge >= 0.3 is 0 Å². The van der Waals surface area contributed by atoms with Crippen LogP contribution in [0, 0.1) is 5.92 Å². The van der Waals surface area contributed by atoms with Crippen molar-refractivity contribution >= 4 is 11.6 Å². The molecule has 0 bridgehead atoms. The summed E-state index contributed by atoms with van der Waals surface area (Å²) in [6.07, 6.45) is 4.97. The quantitative estimate of drug-likeness (QED) is 0.879. The second-order valence-electron chi connectivity index (χ2n) is 8.96. The van der Waals surface area contributed by atoms with Crippen molar-refractivity contribution in [2.75, 3.05) is 19.6 Å². The lowest BCUT2D eigenvalue weighted by atomic mass is 9.94. The number of carbonyl (C=O) groups is 1. The summed E-state index contributed by atoms with van der Waals surface area (Å²) in [6, 6.07) is 2.44. The van der Waals surface area contributed by atoms with Gasteiger partial charge < -0.3 is 4.90 Å². The lowest BCUT2D eigenvalue weighted by Gasteiger charge is -2.32. The van der Waals surface area contributed by atoms with E-state index in [4.69, 9.17) is 4.98 Å². The Hall–Kier alpha value is -2.15. The predicted molar refractivity (Wildman–Crippen MR) is 106 cm³/mol. The van der Waals surface area contributed by atoms with Crippen LogP contribution in [0.1, 0.15) is 62.4 Å². The first-order valence-corrected chi connectivity index (χ1v) is 10.7. The minimum Gasteiger partial charge on any atom is -0.342 e. The van der Waals surface area contributed by atoms with Gasteiger partial charge in [0, 0.05) is 62.2 Å². The third-order valence-corrected chi connectivity index (χ3v) is 6.64. The molecule has 0 radical (unpaired) electrons. The van der Waals surface area contributed by atoms with Crippen molar-refractivity contribution in [3.8, 4) is 0 Å². The average Bonchev–Trinajstić information content (AvgIpc) is 3.46. The molecule has 1 saturated heterocycles. The van der Waals surface area contributed by atoms with Gasteiger partial charge in [0.25, 0.3) is 5.56 Å². The van der Waals surface area contributed by atoms with E-state index in [1.807, 2.05) is 11.0 Å². The number of carbonyl (C=O) groups excluding carboxylic acids is 1. The molecule has 1 amide bonds. The summed E-state index contributed by atoms with van der Waals surface area (Å²) in [5, 5.41) is 3.32. The fourth-order valence-corrected chi connectivity index (χ4v) is 4.69. The first-order valence-electron chi connectivity index (χ1n) is 10.7. The summed E-state index contributed by atoms with van der Waals surface area (Å²) in [4.78, 5) is 34.7. The number of aromatic amines is 1. The van der Waals surface area contributed by atoms with E-state index in [-0.39, 0.29) is 17.4 Å². The summed E-state index contributed by atoms with van der Waals surface area (Å²) in [6.45, 7) is 7.56. The maximum atomic E-state index is 13.1. The van der Waals surface area contributed by atoms with Crippen LogP contribution >= 0.6 is 0 Å². The Morgan fingerprint density at radius 3 is 2.82 bits per heavy atom. The van der Waals surface area contributed by atoms with E-state index in [9.17, 15) is 9.59 Å². The minimum absolute atomic E-state index is 0.0262. The lowest BCUT2D eigenvalue weighted by molar-refractivity contribution is -0.133. The molecular weight excluding hydrogens is 354 g/mol. The van der Waals surface area contributed by atoms with Gasteiger partial charge in [0.05, 0.1) is 11.3 Å². The standard InChI is InChI=1S/C21H29N5O2/c1-13(2)24-9-7-17-16(12-24)21(28)26-19(22-17)10-18(23-26)15-4-3-8-25(11-15)20(27)14-5-6-14/h10,13-15,23H,3-9,11-12H2,1-2H3. The molecule has 2 fully saturated rings. The molecule has 1 aliphatic carbocycles. The molecule has 0 aromatic carbocycles. The monoisotopic (exact) mass is 383 g/mol. The largest absolute Gasteiger partial charge is 0.342 e. The van der Waals surface area contributed by atoms with Gasteiger partial charge in [-0.15, -0.1) is 0 Å². The van der Waals surface area contributed by atoms with Crippen LogP contribution in [-0.2, 0) is 17.8 Å². The van der Waals surface area contributed by atoms with Crippen LogP contribution in [0.25, 0.3) is 5.65 Å². The van der Waals surface area contributed by atoms with Gasteiger partial charge in [-0.1, -0.05) is 0 Å². The van der Waals surface area contributed by atoms with Crippen molar-refractivity contribution < 1.29 is 4.79 Å². The molecule has 0 spiro atoms. The molecule has 3 aliphatic rings. The molecule has 4 heterocycles. The first kappa shape index (κ1) is 17.9. The Bertz CT molecular complexity index is 971. The molecule has 1 unspecified atom stereocenters. The maximum Gasteiger partial charge on any atom is 0.277 e. The third kappa shape index (κ3) is 3.05. The second-order valence-corrected chi connectivity index (χ2v) is 8.96. The van der Waals surface area contributed by atoms with Gasteiger partial charge in [-0.2, -0.15) is 0 Å². The number of hydrogen-bond donors (Lipinski definition) is 1. The topological polar surface area (TPSA) is 73.7 Å². The summed E-state index contributed by atoms with van der Waals surface area (Å²) < 4.78 is 1.61.